The molecule has 0 aromatic rings. The van der Waals surface area contributed by atoms with Crippen molar-refractivity contribution >= 4 is 11.7 Å². The Kier molecular flexibility index (Phi) is 4.09. The van der Waals surface area contributed by atoms with Crippen LogP contribution < -0.4 is 0 Å². The van der Waals surface area contributed by atoms with Crippen molar-refractivity contribution < 1.29 is 9.85 Å². The van der Waals surface area contributed by atoms with Crippen LogP contribution in [0, 0.1) is 36.5 Å². The predicted octanol–water partition coefficient (Wildman–Crippen LogP) is 1.76. The maximum absolute atomic E-state index is 10.9. The molecule has 8 nitrogen and oxygen atoms in total. The van der Waals surface area contributed by atoms with E-state index in [4.69, 9.17) is 10.8 Å². The van der Waals surface area contributed by atoms with Crippen LogP contribution in [0.4, 0.5) is 0 Å². The molecule has 0 amide bonds. The molecule has 0 aromatic heterocycles. The van der Waals surface area contributed by atoms with E-state index in [0.717, 1.165) is 6.42 Å². The maximum Gasteiger partial charge on any atom is 0.323 e. The third-order valence-corrected chi connectivity index (χ3v) is 3.22. The second-order valence-corrected chi connectivity index (χ2v) is 4.10. The Morgan fingerprint density at radius 3 is 1.61 bits per heavy atom. The van der Waals surface area contributed by atoms with Gasteiger partial charge in [0, 0.05) is 0 Å². The zero-order valence-corrected chi connectivity index (χ0v) is 9.56. The number of rotatable bonds is 4. The fourth-order valence-electron chi connectivity index (χ4n) is 2.42. The van der Waals surface area contributed by atoms with Crippen molar-refractivity contribution in [1.29, 1.82) is 10.8 Å². The summed E-state index contributed by atoms with van der Waals surface area (Å²) in [7, 11) is 0. The summed E-state index contributed by atoms with van der Waals surface area (Å²) in [5, 5.41) is 35.9. The minimum absolute atomic E-state index is 0.178. The summed E-state index contributed by atoms with van der Waals surface area (Å²) in [6.45, 7) is 0. The zero-order valence-electron chi connectivity index (χ0n) is 9.56. The fraction of sp³-hybridized carbons (Fsp3) is 0.600. The molecule has 0 unspecified atom stereocenters. The van der Waals surface area contributed by atoms with Crippen molar-refractivity contribution in [2.24, 2.45) is 5.41 Å². The minimum atomic E-state index is -1.51. The van der Waals surface area contributed by atoms with E-state index in [9.17, 15) is 20.2 Å². The molecule has 1 aliphatic rings. The van der Waals surface area contributed by atoms with Crippen LogP contribution in [0.2, 0.25) is 0 Å². The second-order valence-electron chi connectivity index (χ2n) is 4.10. The van der Waals surface area contributed by atoms with Crippen LogP contribution in [0.25, 0.3) is 0 Å². The van der Waals surface area contributed by atoms with Crippen LogP contribution in [-0.4, -0.2) is 21.6 Å². The molecule has 2 N–H and O–H groups in total. The van der Waals surface area contributed by atoms with E-state index in [1.807, 2.05) is 0 Å². The van der Waals surface area contributed by atoms with Gasteiger partial charge in [0.25, 0.3) is 0 Å². The highest BCUT2D eigenvalue weighted by Crippen LogP contribution is 2.46. The summed E-state index contributed by atoms with van der Waals surface area (Å²) in [5.41, 5.74) is -2.79. The Hall–Kier alpha value is -2.30. The first-order chi connectivity index (χ1) is 8.49. The van der Waals surface area contributed by atoms with Gasteiger partial charge < -0.3 is 0 Å². The molecular weight excluding hydrogens is 240 g/mol. The lowest BCUT2D eigenvalue weighted by atomic mass is 9.70. The summed E-state index contributed by atoms with van der Waals surface area (Å²) in [6.07, 6.45) is 2.35. The molecule has 0 aromatic carbocycles. The molecule has 0 heterocycles. The summed E-state index contributed by atoms with van der Waals surface area (Å²) in [6, 6.07) is 0. The molecule has 8 heteroatoms. The topological polar surface area (TPSA) is 134 Å². The van der Waals surface area contributed by atoms with Gasteiger partial charge in [0.15, 0.2) is 5.41 Å². The predicted molar refractivity (Wildman–Crippen MR) is 62.0 cm³/mol. The number of nitro groups is 2. The summed E-state index contributed by atoms with van der Waals surface area (Å²) in [5.74, 6) is 3.40. The number of nitrogens with zero attached hydrogens (tertiary/aromatic N) is 2. The molecule has 0 radical (unpaired) electrons. The van der Waals surface area contributed by atoms with E-state index in [1.165, 1.54) is 0 Å². The van der Waals surface area contributed by atoms with Gasteiger partial charge in [-0.15, -0.1) is 0 Å². The van der Waals surface area contributed by atoms with Gasteiger partial charge in [0.1, 0.15) is 0 Å². The molecule has 18 heavy (non-hydrogen) atoms. The average Bonchev–Trinajstić information content (AvgIpc) is 2.30. The SMILES string of the molecule is N=C=C([N+](=O)[O-])C1(C(=C=N)[N+](=O)[O-])CCCCC1. The highest BCUT2D eigenvalue weighted by Gasteiger charge is 2.54. The smallest absolute Gasteiger partial charge is 0.258 e. The fourth-order valence-corrected chi connectivity index (χ4v) is 2.42. The highest BCUT2D eigenvalue weighted by molar-refractivity contribution is 5.61. The van der Waals surface area contributed by atoms with Crippen molar-refractivity contribution in [3.05, 3.63) is 31.6 Å². The van der Waals surface area contributed by atoms with Crippen molar-refractivity contribution in [1.82, 2.24) is 0 Å². The van der Waals surface area contributed by atoms with Gasteiger partial charge in [-0.2, -0.15) is 0 Å². The second kappa shape index (κ2) is 5.35. The third-order valence-electron chi connectivity index (χ3n) is 3.22. The molecule has 0 saturated heterocycles. The lowest BCUT2D eigenvalue weighted by molar-refractivity contribution is -0.470. The van der Waals surface area contributed by atoms with E-state index in [-0.39, 0.29) is 12.8 Å². The van der Waals surface area contributed by atoms with Crippen LogP contribution >= 0.6 is 0 Å². The van der Waals surface area contributed by atoms with Crippen LogP contribution in [0.15, 0.2) is 11.4 Å². The van der Waals surface area contributed by atoms with Gasteiger partial charge in [-0.05, 0) is 12.8 Å². The highest BCUT2D eigenvalue weighted by atomic mass is 16.6. The van der Waals surface area contributed by atoms with Crippen molar-refractivity contribution in [3.8, 4) is 0 Å². The van der Waals surface area contributed by atoms with E-state index < -0.39 is 26.7 Å². The molecule has 1 saturated carbocycles. The van der Waals surface area contributed by atoms with Crippen LogP contribution in [0.1, 0.15) is 32.1 Å². The summed E-state index contributed by atoms with van der Waals surface area (Å²) in [4.78, 5) is 20.2. The Bertz CT molecular complexity index is 442. The van der Waals surface area contributed by atoms with Gasteiger partial charge in [0.2, 0.25) is 0 Å². The molecule has 1 fully saturated rings. The minimum Gasteiger partial charge on any atom is -0.258 e. The molecule has 0 aliphatic heterocycles. The normalized spacial score (nSPS) is 17.1. The molecule has 0 bridgehead atoms. The Morgan fingerprint density at radius 2 is 1.33 bits per heavy atom. The van der Waals surface area contributed by atoms with Gasteiger partial charge in [0.05, 0.1) is 21.6 Å². The monoisotopic (exact) mass is 252 g/mol. The lowest BCUT2D eigenvalue weighted by Gasteiger charge is -2.29. The number of nitrogens with one attached hydrogen (secondary N) is 2. The van der Waals surface area contributed by atoms with Gasteiger partial charge >= 0.3 is 11.4 Å². The third kappa shape index (κ3) is 2.20. The molecule has 1 rings (SSSR count). The van der Waals surface area contributed by atoms with Crippen LogP contribution in [-0.2, 0) is 0 Å². The Morgan fingerprint density at radius 1 is 0.944 bits per heavy atom. The van der Waals surface area contributed by atoms with Crippen molar-refractivity contribution in [2.45, 2.75) is 32.1 Å². The van der Waals surface area contributed by atoms with E-state index in [1.54, 1.807) is 11.7 Å². The average molecular weight is 252 g/mol. The first kappa shape index (κ1) is 13.8. The first-order valence-corrected chi connectivity index (χ1v) is 5.38. The molecular formula is C10H12N4O4. The van der Waals surface area contributed by atoms with E-state index in [0.29, 0.717) is 12.8 Å². The van der Waals surface area contributed by atoms with Gasteiger partial charge in [-0.25, -0.2) is 0 Å². The van der Waals surface area contributed by atoms with Gasteiger partial charge in [-0.1, -0.05) is 19.3 Å². The maximum atomic E-state index is 10.9. The zero-order chi connectivity index (χ0) is 13.8. The number of hydrogen-bond donors (Lipinski definition) is 2. The standard InChI is InChI=1S/C10H12N4O4/c11-6-8(13(15)16)10(4-2-1-3-5-10)9(7-12)14(17)18/h11-12H,1-5H2. The molecule has 1 aliphatic carbocycles. The van der Waals surface area contributed by atoms with Crippen LogP contribution in [0.3, 0.4) is 0 Å². The Labute approximate surface area is 102 Å². The largest absolute Gasteiger partial charge is 0.323 e. The van der Waals surface area contributed by atoms with E-state index in [2.05, 4.69) is 0 Å². The first-order valence-electron chi connectivity index (χ1n) is 5.38. The Balaban J connectivity index is 3.44. The molecule has 0 spiro atoms. The van der Waals surface area contributed by atoms with E-state index >= 15 is 0 Å². The number of hydrogen-bond acceptors (Lipinski definition) is 6. The molecule has 0 atom stereocenters. The summed E-state index contributed by atoms with van der Waals surface area (Å²) < 4.78 is 0. The molecule has 96 valence electrons. The summed E-state index contributed by atoms with van der Waals surface area (Å²) >= 11 is 0. The van der Waals surface area contributed by atoms with Crippen LogP contribution in [0.5, 0.6) is 0 Å². The van der Waals surface area contributed by atoms with Crippen molar-refractivity contribution in [3.63, 3.8) is 0 Å². The van der Waals surface area contributed by atoms with Gasteiger partial charge in [-0.3, -0.25) is 31.0 Å². The quantitative estimate of drug-likeness (QED) is 0.447. The lowest BCUT2D eigenvalue weighted by Crippen LogP contribution is -2.36. The van der Waals surface area contributed by atoms with Crippen molar-refractivity contribution in [2.75, 3.05) is 0 Å².